The summed E-state index contributed by atoms with van der Waals surface area (Å²) in [5.41, 5.74) is 0.535. The molecule has 5 heteroatoms. The highest BCUT2D eigenvalue weighted by Crippen LogP contribution is 2.24. The third-order valence-electron chi connectivity index (χ3n) is 3.16. The van der Waals surface area contributed by atoms with Crippen LogP contribution in [-0.4, -0.2) is 29.8 Å². The SMILES string of the molecule is CC(=O)O[C@H](C)[C@H]1C(=O)N[C@@H]1C(=O)c1ccccc1. The maximum atomic E-state index is 12.2. The molecule has 1 aromatic rings. The number of Topliss-reactive ketones (excluding diaryl/α,β-unsaturated/α-hetero) is 1. The van der Waals surface area contributed by atoms with E-state index in [1.807, 2.05) is 6.07 Å². The average molecular weight is 261 g/mol. The number of carbonyl (C=O) groups excluding carboxylic acids is 3. The van der Waals surface area contributed by atoms with Crippen LogP contribution in [0.15, 0.2) is 30.3 Å². The molecule has 0 aliphatic carbocycles. The van der Waals surface area contributed by atoms with Gasteiger partial charge in [-0.3, -0.25) is 14.4 Å². The molecule has 2 rings (SSSR count). The molecule has 0 aromatic heterocycles. The van der Waals surface area contributed by atoms with Gasteiger partial charge in [-0.1, -0.05) is 30.3 Å². The van der Waals surface area contributed by atoms with Crippen molar-refractivity contribution in [1.29, 1.82) is 0 Å². The third-order valence-corrected chi connectivity index (χ3v) is 3.16. The fourth-order valence-electron chi connectivity index (χ4n) is 2.22. The van der Waals surface area contributed by atoms with Crippen LogP contribution >= 0.6 is 0 Å². The highest BCUT2D eigenvalue weighted by molar-refractivity contribution is 6.08. The van der Waals surface area contributed by atoms with Crippen LogP contribution in [-0.2, 0) is 14.3 Å². The highest BCUT2D eigenvalue weighted by Gasteiger charge is 2.48. The summed E-state index contributed by atoms with van der Waals surface area (Å²) in [6, 6.07) is 8.11. The molecule has 3 atom stereocenters. The Hall–Kier alpha value is -2.17. The van der Waals surface area contributed by atoms with Crippen LogP contribution < -0.4 is 5.32 Å². The largest absolute Gasteiger partial charge is 0.462 e. The molecule has 0 radical (unpaired) electrons. The molecule has 1 amide bonds. The fourth-order valence-corrected chi connectivity index (χ4v) is 2.22. The highest BCUT2D eigenvalue weighted by atomic mass is 16.5. The number of hydrogen-bond acceptors (Lipinski definition) is 4. The molecule has 19 heavy (non-hydrogen) atoms. The lowest BCUT2D eigenvalue weighted by atomic mass is 9.81. The van der Waals surface area contributed by atoms with E-state index < -0.39 is 24.0 Å². The number of ether oxygens (including phenoxy) is 1. The van der Waals surface area contributed by atoms with E-state index in [1.165, 1.54) is 6.92 Å². The Morgan fingerprint density at radius 2 is 1.89 bits per heavy atom. The maximum Gasteiger partial charge on any atom is 0.302 e. The summed E-state index contributed by atoms with van der Waals surface area (Å²) in [4.78, 5) is 34.7. The Labute approximate surface area is 110 Å². The van der Waals surface area contributed by atoms with Crippen molar-refractivity contribution in [3.8, 4) is 0 Å². The van der Waals surface area contributed by atoms with Gasteiger partial charge in [-0.2, -0.15) is 0 Å². The van der Waals surface area contributed by atoms with Crippen molar-refractivity contribution < 1.29 is 19.1 Å². The van der Waals surface area contributed by atoms with Crippen LogP contribution in [0.2, 0.25) is 0 Å². The first-order chi connectivity index (χ1) is 9.00. The van der Waals surface area contributed by atoms with Crippen LogP contribution in [0.5, 0.6) is 0 Å². The van der Waals surface area contributed by atoms with Crippen LogP contribution in [0.3, 0.4) is 0 Å². The first-order valence-corrected chi connectivity index (χ1v) is 6.07. The summed E-state index contributed by atoms with van der Waals surface area (Å²) in [5, 5.41) is 2.57. The van der Waals surface area contributed by atoms with Gasteiger partial charge in [0.05, 0.1) is 0 Å². The molecule has 100 valence electrons. The first-order valence-electron chi connectivity index (χ1n) is 6.07. The number of hydrogen-bond donors (Lipinski definition) is 1. The van der Waals surface area contributed by atoms with E-state index in [-0.39, 0.29) is 11.7 Å². The minimum Gasteiger partial charge on any atom is -0.462 e. The Balaban J connectivity index is 2.11. The monoisotopic (exact) mass is 261 g/mol. The molecule has 0 unspecified atom stereocenters. The Morgan fingerprint density at radius 1 is 1.26 bits per heavy atom. The lowest BCUT2D eigenvalue weighted by Gasteiger charge is -2.38. The lowest BCUT2D eigenvalue weighted by molar-refractivity contribution is -0.155. The molecule has 1 aliphatic heterocycles. The van der Waals surface area contributed by atoms with E-state index in [1.54, 1.807) is 31.2 Å². The van der Waals surface area contributed by atoms with Gasteiger partial charge in [-0.25, -0.2) is 0 Å². The summed E-state index contributed by atoms with van der Waals surface area (Å²) in [6.45, 7) is 2.90. The molecular formula is C14H15NO4. The Bertz CT molecular complexity index is 511. The molecule has 5 nitrogen and oxygen atoms in total. The van der Waals surface area contributed by atoms with Gasteiger partial charge in [-0.05, 0) is 6.92 Å². The molecule has 1 fully saturated rings. The van der Waals surface area contributed by atoms with Crippen LogP contribution in [0.1, 0.15) is 24.2 Å². The molecule has 1 N–H and O–H groups in total. The standard InChI is InChI=1S/C14H15NO4/c1-8(19-9(2)16)11-12(15-14(11)18)13(17)10-6-4-3-5-7-10/h3-8,11-12H,1-2H3,(H,15,18)/t8-,11-,12+/m1/s1. The Kier molecular flexibility index (Phi) is 3.64. The second-order valence-corrected chi connectivity index (χ2v) is 4.56. The van der Waals surface area contributed by atoms with Crippen molar-refractivity contribution in [2.75, 3.05) is 0 Å². The number of esters is 1. The van der Waals surface area contributed by atoms with E-state index in [2.05, 4.69) is 5.32 Å². The van der Waals surface area contributed by atoms with Crippen molar-refractivity contribution in [2.45, 2.75) is 26.0 Å². The first kappa shape index (κ1) is 13.3. The summed E-state index contributed by atoms with van der Waals surface area (Å²) < 4.78 is 4.99. The summed E-state index contributed by atoms with van der Waals surface area (Å²) in [6.07, 6.45) is -0.607. The van der Waals surface area contributed by atoms with Gasteiger partial charge in [-0.15, -0.1) is 0 Å². The normalized spacial score (nSPS) is 22.9. The van der Waals surface area contributed by atoms with E-state index >= 15 is 0 Å². The van der Waals surface area contributed by atoms with Crippen molar-refractivity contribution in [3.63, 3.8) is 0 Å². The molecule has 0 saturated carbocycles. The maximum absolute atomic E-state index is 12.2. The molecule has 1 heterocycles. The smallest absolute Gasteiger partial charge is 0.302 e. The fraction of sp³-hybridized carbons (Fsp3) is 0.357. The van der Waals surface area contributed by atoms with Gasteiger partial charge in [0.2, 0.25) is 5.91 Å². The second kappa shape index (κ2) is 5.22. The van der Waals surface area contributed by atoms with Gasteiger partial charge in [0.15, 0.2) is 5.78 Å². The minimum absolute atomic E-state index is 0.163. The average Bonchev–Trinajstić information content (AvgIpc) is 2.35. The van der Waals surface area contributed by atoms with Gasteiger partial charge < -0.3 is 10.1 Å². The molecule has 0 spiro atoms. The van der Waals surface area contributed by atoms with Crippen LogP contribution in [0.25, 0.3) is 0 Å². The molecule has 1 aromatic carbocycles. The predicted molar refractivity (Wildman–Crippen MR) is 67.4 cm³/mol. The van der Waals surface area contributed by atoms with Crippen LogP contribution in [0.4, 0.5) is 0 Å². The summed E-state index contributed by atoms with van der Waals surface area (Å²) >= 11 is 0. The number of ketones is 1. The van der Waals surface area contributed by atoms with Gasteiger partial charge in [0.25, 0.3) is 0 Å². The van der Waals surface area contributed by atoms with Crippen molar-refractivity contribution >= 4 is 17.7 Å². The van der Waals surface area contributed by atoms with Crippen molar-refractivity contribution in [2.24, 2.45) is 5.92 Å². The molecule has 0 bridgehead atoms. The number of β-lactam (4-membered cyclic amide) rings is 1. The zero-order chi connectivity index (χ0) is 14.0. The van der Waals surface area contributed by atoms with Crippen molar-refractivity contribution in [3.05, 3.63) is 35.9 Å². The van der Waals surface area contributed by atoms with E-state index in [0.29, 0.717) is 5.56 Å². The van der Waals surface area contributed by atoms with Gasteiger partial charge in [0.1, 0.15) is 18.1 Å². The minimum atomic E-state index is -0.621. The molecule has 1 saturated heterocycles. The number of nitrogens with one attached hydrogen (secondary N) is 1. The number of rotatable bonds is 4. The van der Waals surface area contributed by atoms with Gasteiger partial charge >= 0.3 is 5.97 Å². The summed E-state index contributed by atoms with van der Waals surface area (Å²) in [5.74, 6) is -1.50. The topological polar surface area (TPSA) is 72.5 Å². The molecular weight excluding hydrogens is 246 g/mol. The second-order valence-electron chi connectivity index (χ2n) is 4.56. The third kappa shape index (κ3) is 2.65. The van der Waals surface area contributed by atoms with E-state index in [9.17, 15) is 14.4 Å². The lowest BCUT2D eigenvalue weighted by Crippen LogP contribution is -2.65. The van der Waals surface area contributed by atoms with E-state index in [0.717, 1.165) is 0 Å². The zero-order valence-corrected chi connectivity index (χ0v) is 10.8. The number of carbonyl (C=O) groups is 3. The van der Waals surface area contributed by atoms with E-state index in [4.69, 9.17) is 4.74 Å². The Morgan fingerprint density at radius 3 is 2.42 bits per heavy atom. The molecule has 1 aliphatic rings. The number of amides is 1. The predicted octanol–water partition coefficient (Wildman–Crippen LogP) is 0.935. The van der Waals surface area contributed by atoms with Crippen LogP contribution in [0, 0.1) is 5.92 Å². The summed E-state index contributed by atoms with van der Waals surface area (Å²) in [7, 11) is 0. The zero-order valence-electron chi connectivity index (χ0n) is 10.8. The number of benzene rings is 1. The van der Waals surface area contributed by atoms with Crippen molar-refractivity contribution in [1.82, 2.24) is 5.32 Å². The van der Waals surface area contributed by atoms with Gasteiger partial charge in [0, 0.05) is 12.5 Å². The quantitative estimate of drug-likeness (QED) is 0.497.